The third-order valence-electron chi connectivity index (χ3n) is 3.07. The van der Waals surface area contributed by atoms with Gasteiger partial charge in [-0.05, 0) is 17.7 Å². The molecule has 1 aromatic heterocycles. The Balaban J connectivity index is 1.65. The van der Waals surface area contributed by atoms with Crippen molar-refractivity contribution < 1.29 is 4.79 Å². The Morgan fingerprint density at radius 3 is 2.62 bits per heavy atom. The molecule has 0 aliphatic rings. The summed E-state index contributed by atoms with van der Waals surface area (Å²) >= 11 is 7.75. The number of nitrogens with one attached hydrogen (secondary N) is 1. The Labute approximate surface area is 131 Å². The number of fused-ring (bicyclic) bond motifs is 1. The third kappa shape index (κ3) is 3.23. The van der Waals surface area contributed by atoms with E-state index < -0.39 is 5.38 Å². The van der Waals surface area contributed by atoms with Crippen molar-refractivity contribution in [1.82, 2.24) is 10.3 Å². The third-order valence-corrected chi connectivity index (χ3v) is 4.56. The van der Waals surface area contributed by atoms with E-state index in [4.69, 9.17) is 11.6 Å². The first-order valence-electron chi connectivity index (χ1n) is 6.55. The fourth-order valence-electron chi connectivity index (χ4n) is 2.02. The molecule has 0 saturated carbocycles. The van der Waals surface area contributed by atoms with Gasteiger partial charge in [0.2, 0.25) is 5.91 Å². The van der Waals surface area contributed by atoms with Crippen LogP contribution in [0.25, 0.3) is 10.2 Å². The lowest BCUT2D eigenvalue weighted by atomic mass is 10.1. The van der Waals surface area contributed by atoms with Gasteiger partial charge in [-0.25, -0.2) is 4.98 Å². The highest BCUT2D eigenvalue weighted by Crippen LogP contribution is 2.23. The number of carbonyl (C=O) groups excluding carboxylic acids is 1. The fourth-order valence-corrected chi connectivity index (χ4v) is 3.15. The molecule has 0 aliphatic carbocycles. The van der Waals surface area contributed by atoms with Crippen molar-refractivity contribution >= 4 is 39.1 Å². The minimum absolute atomic E-state index is 0.206. The lowest BCUT2D eigenvalue weighted by molar-refractivity contribution is -0.121. The first kappa shape index (κ1) is 14.0. The lowest BCUT2D eigenvalue weighted by Crippen LogP contribution is -2.26. The van der Waals surface area contributed by atoms with Crippen LogP contribution in [0.5, 0.6) is 0 Å². The minimum Gasteiger partial charge on any atom is -0.348 e. The summed E-state index contributed by atoms with van der Waals surface area (Å²) in [6.07, 6.45) is 0. The van der Waals surface area contributed by atoms with Gasteiger partial charge < -0.3 is 5.32 Å². The molecule has 0 aliphatic heterocycles. The largest absolute Gasteiger partial charge is 0.348 e. The zero-order valence-corrected chi connectivity index (χ0v) is 12.7. The number of amides is 1. The SMILES string of the molecule is O=C(NCc1nc2ccccc2s1)C(Cl)c1ccccc1. The summed E-state index contributed by atoms with van der Waals surface area (Å²) in [5.74, 6) is -0.206. The zero-order chi connectivity index (χ0) is 14.7. The molecule has 5 heteroatoms. The van der Waals surface area contributed by atoms with Crippen LogP contribution >= 0.6 is 22.9 Å². The number of hydrogen-bond acceptors (Lipinski definition) is 3. The summed E-state index contributed by atoms with van der Waals surface area (Å²) in [5.41, 5.74) is 1.75. The molecule has 0 bridgehead atoms. The Kier molecular flexibility index (Phi) is 4.18. The van der Waals surface area contributed by atoms with E-state index in [2.05, 4.69) is 10.3 Å². The molecule has 21 heavy (non-hydrogen) atoms. The first-order chi connectivity index (χ1) is 10.2. The lowest BCUT2D eigenvalue weighted by Gasteiger charge is -2.09. The Bertz CT molecular complexity index is 724. The predicted octanol–water partition coefficient (Wildman–Crippen LogP) is 3.89. The van der Waals surface area contributed by atoms with Crippen LogP contribution < -0.4 is 5.32 Å². The van der Waals surface area contributed by atoms with Crippen LogP contribution in [0, 0.1) is 0 Å². The summed E-state index contributed by atoms with van der Waals surface area (Å²) in [7, 11) is 0. The van der Waals surface area contributed by atoms with Crippen molar-refractivity contribution in [2.24, 2.45) is 0 Å². The maximum absolute atomic E-state index is 12.1. The Morgan fingerprint density at radius 1 is 1.14 bits per heavy atom. The van der Waals surface area contributed by atoms with Crippen LogP contribution in [-0.2, 0) is 11.3 Å². The van der Waals surface area contributed by atoms with E-state index in [-0.39, 0.29) is 5.91 Å². The van der Waals surface area contributed by atoms with E-state index >= 15 is 0 Å². The van der Waals surface area contributed by atoms with E-state index in [9.17, 15) is 4.79 Å². The van der Waals surface area contributed by atoms with Crippen molar-refractivity contribution in [3.8, 4) is 0 Å². The quantitative estimate of drug-likeness (QED) is 0.742. The normalized spacial score (nSPS) is 12.2. The second-order valence-electron chi connectivity index (χ2n) is 4.57. The van der Waals surface area contributed by atoms with Gasteiger partial charge in [-0.15, -0.1) is 22.9 Å². The van der Waals surface area contributed by atoms with Gasteiger partial charge in [-0.2, -0.15) is 0 Å². The number of hydrogen-bond donors (Lipinski definition) is 1. The molecule has 0 saturated heterocycles. The molecule has 3 nitrogen and oxygen atoms in total. The standard InChI is InChI=1S/C16H13ClN2OS/c17-15(11-6-2-1-3-7-11)16(20)18-10-14-19-12-8-4-5-9-13(12)21-14/h1-9,15H,10H2,(H,18,20). The van der Waals surface area contributed by atoms with Crippen LogP contribution in [0.1, 0.15) is 15.9 Å². The average molecular weight is 317 g/mol. The first-order valence-corrected chi connectivity index (χ1v) is 7.80. The number of nitrogens with zero attached hydrogens (tertiary/aromatic N) is 1. The molecule has 0 radical (unpaired) electrons. The summed E-state index contributed by atoms with van der Waals surface area (Å²) < 4.78 is 1.12. The molecule has 1 atom stereocenters. The maximum atomic E-state index is 12.1. The van der Waals surface area contributed by atoms with Crippen molar-refractivity contribution in [3.63, 3.8) is 0 Å². The van der Waals surface area contributed by atoms with E-state index in [1.165, 1.54) is 0 Å². The molecular weight excluding hydrogens is 304 g/mol. The van der Waals surface area contributed by atoms with Crippen LogP contribution in [0.4, 0.5) is 0 Å². The van der Waals surface area contributed by atoms with Crippen molar-refractivity contribution in [1.29, 1.82) is 0 Å². The van der Waals surface area contributed by atoms with Crippen LogP contribution in [-0.4, -0.2) is 10.9 Å². The summed E-state index contributed by atoms with van der Waals surface area (Å²) in [5, 5.41) is 3.03. The second kappa shape index (κ2) is 6.24. The number of para-hydroxylation sites is 1. The average Bonchev–Trinajstić information content (AvgIpc) is 2.95. The fraction of sp³-hybridized carbons (Fsp3) is 0.125. The molecule has 106 valence electrons. The van der Waals surface area contributed by atoms with Gasteiger partial charge in [0.05, 0.1) is 16.8 Å². The highest BCUT2D eigenvalue weighted by Gasteiger charge is 2.17. The maximum Gasteiger partial charge on any atom is 0.242 e. The molecule has 1 N–H and O–H groups in total. The topological polar surface area (TPSA) is 42.0 Å². The number of benzene rings is 2. The molecule has 2 aromatic carbocycles. The molecule has 1 unspecified atom stereocenters. The molecule has 0 fully saturated rings. The number of thiazole rings is 1. The van der Waals surface area contributed by atoms with Crippen LogP contribution in [0.3, 0.4) is 0 Å². The molecule has 1 amide bonds. The van der Waals surface area contributed by atoms with Gasteiger partial charge in [0.15, 0.2) is 0 Å². The van der Waals surface area contributed by atoms with Crippen molar-refractivity contribution in [3.05, 3.63) is 65.2 Å². The van der Waals surface area contributed by atoms with Gasteiger partial charge in [0, 0.05) is 0 Å². The van der Waals surface area contributed by atoms with E-state index in [0.717, 1.165) is 20.8 Å². The van der Waals surface area contributed by atoms with Crippen molar-refractivity contribution in [2.75, 3.05) is 0 Å². The number of carbonyl (C=O) groups is 1. The zero-order valence-electron chi connectivity index (χ0n) is 11.1. The molecule has 1 heterocycles. The summed E-state index contributed by atoms with van der Waals surface area (Å²) in [6, 6.07) is 17.2. The van der Waals surface area contributed by atoms with E-state index in [1.54, 1.807) is 11.3 Å². The van der Waals surface area contributed by atoms with Gasteiger partial charge in [0.1, 0.15) is 10.4 Å². The predicted molar refractivity (Wildman–Crippen MR) is 86.5 cm³/mol. The van der Waals surface area contributed by atoms with Gasteiger partial charge >= 0.3 is 0 Å². The Morgan fingerprint density at radius 2 is 1.86 bits per heavy atom. The molecule has 3 rings (SSSR count). The number of rotatable bonds is 4. The molecule has 0 spiro atoms. The molecular formula is C16H13ClN2OS. The highest BCUT2D eigenvalue weighted by molar-refractivity contribution is 7.18. The number of halogens is 1. The summed E-state index contributed by atoms with van der Waals surface area (Å²) in [6.45, 7) is 0.397. The Hall–Kier alpha value is -1.91. The van der Waals surface area contributed by atoms with E-state index in [1.807, 2.05) is 54.6 Å². The monoisotopic (exact) mass is 316 g/mol. The minimum atomic E-state index is -0.680. The van der Waals surface area contributed by atoms with Gasteiger partial charge in [0.25, 0.3) is 0 Å². The smallest absolute Gasteiger partial charge is 0.242 e. The van der Waals surface area contributed by atoms with Crippen molar-refractivity contribution in [2.45, 2.75) is 11.9 Å². The summed E-state index contributed by atoms with van der Waals surface area (Å²) in [4.78, 5) is 16.5. The van der Waals surface area contributed by atoms with Gasteiger partial charge in [-0.3, -0.25) is 4.79 Å². The number of aromatic nitrogens is 1. The second-order valence-corrected chi connectivity index (χ2v) is 6.12. The number of alkyl halides is 1. The van der Waals surface area contributed by atoms with Crippen LogP contribution in [0.15, 0.2) is 54.6 Å². The molecule has 3 aromatic rings. The van der Waals surface area contributed by atoms with Crippen LogP contribution in [0.2, 0.25) is 0 Å². The van der Waals surface area contributed by atoms with Gasteiger partial charge in [-0.1, -0.05) is 42.5 Å². The van der Waals surface area contributed by atoms with E-state index in [0.29, 0.717) is 6.54 Å². The highest BCUT2D eigenvalue weighted by atomic mass is 35.5.